The van der Waals surface area contributed by atoms with Crippen molar-refractivity contribution in [2.45, 2.75) is 20.8 Å². The summed E-state index contributed by atoms with van der Waals surface area (Å²) in [5.41, 5.74) is 3.81. The average molecular weight is 461 g/mol. The fourth-order valence-corrected chi connectivity index (χ4v) is 3.68. The first-order chi connectivity index (χ1) is 16.0. The number of hydrogen-bond donors (Lipinski definition) is 0. The molecule has 0 aromatic heterocycles. The Morgan fingerprint density at radius 1 is 0.909 bits per heavy atom. The minimum atomic E-state index is -0.198. The molecular weight excluding hydrogens is 436 g/mol. The van der Waals surface area contributed by atoms with Gasteiger partial charge in [0, 0.05) is 10.6 Å². The quantitative estimate of drug-likeness (QED) is 0.390. The Hall–Kier alpha value is -3.57. The number of rotatable bonds is 7. The summed E-state index contributed by atoms with van der Waals surface area (Å²) >= 11 is 6.08. The molecule has 1 aliphatic heterocycles. The number of amidine groups is 1. The normalized spacial score (nSPS) is 14.5. The number of halogens is 1. The van der Waals surface area contributed by atoms with Gasteiger partial charge in [0.1, 0.15) is 11.5 Å². The molecule has 0 N–H and O–H groups in total. The molecular formula is C27H25ClN2O3. The summed E-state index contributed by atoms with van der Waals surface area (Å²) in [7, 11) is 0. The van der Waals surface area contributed by atoms with E-state index in [1.807, 2.05) is 75.4 Å². The molecule has 0 aliphatic carbocycles. The maximum atomic E-state index is 13.5. The van der Waals surface area contributed by atoms with Crippen LogP contribution >= 0.6 is 11.6 Å². The van der Waals surface area contributed by atoms with E-state index in [1.165, 1.54) is 0 Å². The Morgan fingerprint density at radius 3 is 2.24 bits per heavy atom. The van der Waals surface area contributed by atoms with Gasteiger partial charge in [0.25, 0.3) is 5.91 Å². The minimum Gasteiger partial charge on any atom is -0.490 e. The Morgan fingerprint density at radius 2 is 1.58 bits per heavy atom. The number of nitrogens with zero attached hydrogens (tertiary/aromatic N) is 2. The highest BCUT2D eigenvalue weighted by molar-refractivity contribution is 6.34. The molecule has 1 aliphatic rings. The van der Waals surface area contributed by atoms with Gasteiger partial charge in [-0.1, -0.05) is 35.4 Å². The highest BCUT2D eigenvalue weighted by Gasteiger charge is 2.32. The third kappa shape index (κ3) is 4.94. The highest BCUT2D eigenvalue weighted by atomic mass is 35.5. The van der Waals surface area contributed by atoms with Crippen molar-refractivity contribution >= 4 is 35.1 Å². The molecule has 168 valence electrons. The number of aliphatic imine (C=N–C) groups is 1. The predicted molar refractivity (Wildman–Crippen MR) is 133 cm³/mol. The van der Waals surface area contributed by atoms with Crippen LogP contribution in [0.2, 0.25) is 5.02 Å². The number of carbonyl (C=O) groups excluding carboxylic acids is 1. The van der Waals surface area contributed by atoms with Crippen molar-refractivity contribution in [1.29, 1.82) is 0 Å². The van der Waals surface area contributed by atoms with E-state index in [4.69, 9.17) is 26.1 Å². The fourth-order valence-electron chi connectivity index (χ4n) is 3.56. The van der Waals surface area contributed by atoms with Crippen LogP contribution in [0.4, 0.5) is 5.69 Å². The van der Waals surface area contributed by atoms with Gasteiger partial charge in [-0.25, -0.2) is 4.99 Å². The van der Waals surface area contributed by atoms with Crippen molar-refractivity contribution < 1.29 is 14.3 Å². The molecule has 0 unspecified atom stereocenters. The lowest BCUT2D eigenvalue weighted by Crippen LogP contribution is -2.32. The van der Waals surface area contributed by atoms with Crippen LogP contribution < -0.4 is 14.4 Å². The Kier molecular flexibility index (Phi) is 6.80. The molecule has 0 radical (unpaired) electrons. The first-order valence-corrected chi connectivity index (χ1v) is 11.2. The molecule has 3 aromatic carbocycles. The largest absolute Gasteiger partial charge is 0.490 e. The van der Waals surface area contributed by atoms with E-state index in [0.29, 0.717) is 41.3 Å². The molecule has 6 heteroatoms. The SMILES string of the molecule is CCOc1ccc(/C=C2\N=C(c3ccc(Cl)cc3)N(c3ccc(C)cc3)C2=O)cc1OCC. The summed E-state index contributed by atoms with van der Waals surface area (Å²) in [5.74, 6) is 1.67. The van der Waals surface area contributed by atoms with Gasteiger partial charge in [0.15, 0.2) is 11.5 Å². The molecule has 0 spiro atoms. The molecule has 0 bridgehead atoms. The zero-order valence-electron chi connectivity index (χ0n) is 18.8. The lowest BCUT2D eigenvalue weighted by molar-refractivity contribution is -0.113. The summed E-state index contributed by atoms with van der Waals surface area (Å²) in [6.45, 7) is 6.91. The number of benzene rings is 3. The van der Waals surface area contributed by atoms with Crippen LogP contribution in [0.1, 0.15) is 30.5 Å². The van der Waals surface area contributed by atoms with Crippen LogP contribution in [0.15, 0.2) is 77.4 Å². The summed E-state index contributed by atoms with van der Waals surface area (Å²) in [4.78, 5) is 19.8. The van der Waals surface area contributed by atoms with Crippen molar-refractivity contribution in [1.82, 2.24) is 0 Å². The molecule has 33 heavy (non-hydrogen) atoms. The summed E-state index contributed by atoms with van der Waals surface area (Å²) in [6.07, 6.45) is 1.77. The molecule has 0 atom stereocenters. The number of hydrogen-bond acceptors (Lipinski definition) is 4. The first kappa shape index (κ1) is 22.6. The van der Waals surface area contributed by atoms with Crippen molar-refractivity contribution in [3.8, 4) is 11.5 Å². The van der Waals surface area contributed by atoms with Gasteiger partial charge in [-0.2, -0.15) is 0 Å². The lowest BCUT2D eigenvalue weighted by atomic mass is 10.1. The van der Waals surface area contributed by atoms with E-state index >= 15 is 0 Å². The van der Waals surface area contributed by atoms with Crippen LogP contribution in [0.5, 0.6) is 11.5 Å². The second-order valence-electron chi connectivity index (χ2n) is 7.52. The van der Waals surface area contributed by atoms with Gasteiger partial charge in [0.05, 0.1) is 18.9 Å². The molecule has 0 fully saturated rings. The highest BCUT2D eigenvalue weighted by Crippen LogP contribution is 2.32. The predicted octanol–water partition coefficient (Wildman–Crippen LogP) is 6.28. The van der Waals surface area contributed by atoms with E-state index in [9.17, 15) is 4.79 Å². The molecule has 5 nitrogen and oxygen atoms in total. The van der Waals surface area contributed by atoms with Gasteiger partial charge in [-0.05, 0) is 80.9 Å². The third-order valence-electron chi connectivity index (χ3n) is 5.13. The lowest BCUT2D eigenvalue weighted by Gasteiger charge is -2.18. The molecule has 0 saturated carbocycles. The summed E-state index contributed by atoms with van der Waals surface area (Å²) in [6, 6.07) is 20.7. The standard InChI is InChI=1S/C27H25ClN2O3/c1-4-32-24-15-8-19(17-25(24)33-5-2)16-23-27(31)30(22-13-6-18(3)7-14-22)26(29-23)20-9-11-21(28)12-10-20/h6-17H,4-5H2,1-3H3/b23-16-. The van der Waals surface area contributed by atoms with Crippen LogP contribution in [0.3, 0.4) is 0 Å². The van der Waals surface area contributed by atoms with Gasteiger partial charge < -0.3 is 9.47 Å². The molecule has 1 amide bonds. The monoisotopic (exact) mass is 460 g/mol. The second-order valence-corrected chi connectivity index (χ2v) is 7.96. The molecule has 3 aromatic rings. The minimum absolute atomic E-state index is 0.198. The van der Waals surface area contributed by atoms with Crippen LogP contribution in [0, 0.1) is 6.92 Å². The van der Waals surface area contributed by atoms with E-state index < -0.39 is 0 Å². The van der Waals surface area contributed by atoms with Crippen molar-refractivity contribution in [3.63, 3.8) is 0 Å². The van der Waals surface area contributed by atoms with E-state index in [1.54, 1.807) is 23.1 Å². The van der Waals surface area contributed by atoms with Crippen LogP contribution in [-0.4, -0.2) is 25.0 Å². The van der Waals surface area contributed by atoms with E-state index in [0.717, 1.165) is 22.4 Å². The number of ether oxygens (including phenoxy) is 2. The smallest absolute Gasteiger partial charge is 0.282 e. The number of aryl methyl sites for hydroxylation is 1. The van der Waals surface area contributed by atoms with Crippen molar-refractivity contribution in [3.05, 3.63) is 94.1 Å². The number of anilines is 1. The van der Waals surface area contributed by atoms with Gasteiger partial charge in [-0.15, -0.1) is 0 Å². The van der Waals surface area contributed by atoms with Gasteiger partial charge in [0.2, 0.25) is 0 Å². The molecule has 0 saturated heterocycles. The fraction of sp³-hybridized carbons (Fsp3) is 0.185. The van der Waals surface area contributed by atoms with E-state index in [2.05, 4.69) is 0 Å². The number of carbonyl (C=O) groups is 1. The van der Waals surface area contributed by atoms with Crippen LogP contribution in [-0.2, 0) is 4.79 Å². The number of amides is 1. The zero-order chi connectivity index (χ0) is 23.4. The first-order valence-electron chi connectivity index (χ1n) is 10.9. The molecule has 4 rings (SSSR count). The van der Waals surface area contributed by atoms with Crippen molar-refractivity contribution in [2.24, 2.45) is 4.99 Å². The van der Waals surface area contributed by atoms with Gasteiger partial charge >= 0.3 is 0 Å². The topological polar surface area (TPSA) is 51.1 Å². The van der Waals surface area contributed by atoms with Crippen LogP contribution in [0.25, 0.3) is 6.08 Å². The Bertz CT molecular complexity index is 1220. The third-order valence-corrected chi connectivity index (χ3v) is 5.38. The van der Waals surface area contributed by atoms with Crippen molar-refractivity contribution in [2.75, 3.05) is 18.1 Å². The van der Waals surface area contributed by atoms with E-state index in [-0.39, 0.29) is 5.91 Å². The van der Waals surface area contributed by atoms with Gasteiger partial charge in [-0.3, -0.25) is 9.69 Å². The summed E-state index contributed by atoms with van der Waals surface area (Å²) < 4.78 is 11.4. The maximum absolute atomic E-state index is 13.5. The zero-order valence-corrected chi connectivity index (χ0v) is 19.6. The Labute approximate surface area is 198 Å². The summed E-state index contributed by atoms with van der Waals surface area (Å²) in [5, 5.41) is 0.624. The average Bonchev–Trinajstić information content (AvgIpc) is 3.13. The second kappa shape index (κ2) is 9.92. The Balaban J connectivity index is 1.77. The molecule has 1 heterocycles. The maximum Gasteiger partial charge on any atom is 0.282 e.